The van der Waals surface area contributed by atoms with Crippen LogP contribution in [-0.2, 0) is 0 Å². The third-order valence-electron chi connectivity index (χ3n) is 5.65. The maximum absolute atomic E-state index is 10.5. The number of phenols is 1. The Morgan fingerprint density at radius 3 is 2.00 bits per heavy atom. The summed E-state index contributed by atoms with van der Waals surface area (Å²) in [5.74, 6) is 0.663. The molecule has 0 atom stereocenters. The van der Waals surface area contributed by atoms with Gasteiger partial charge in [0.2, 0.25) is 0 Å². The van der Waals surface area contributed by atoms with Gasteiger partial charge in [-0.3, -0.25) is 0 Å². The van der Waals surface area contributed by atoms with Crippen LogP contribution in [0.5, 0.6) is 5.75 Å². The SMILES string of the molecule is CC1=C(C)C(c2ccc(C)cc2-c2c(C)cccc2O)C(C)=C1C. The molecule has 0 unspecified atom stereocenters. The lowest BCUT2D eigenvalue weighted by atomic mass is 9.82. The Balaban J connectivity index is 2.30. The summed E-state index contributed by atoms with van der Waals surface area (Å²) in [6.07, 6.45) is 0. The van der Waals surface area contributed by atoms with Gasteiger partial charge in [-0.2, -0.15) is 0 Å². The van der Waals surface area contributed by atoms with E-state index in [9.17, 15) is 5.11 Å². The van der Waals surface area contributed by atoms with Crippen molar-refractivity contribution in [3.05, 3.63) is 75.4 Å². The summed E-state index contributed by atoms with van der Waals surface area (Å²) in [5.41, 5.74) is 11.4. The van der Waals surface area contributed by atoms with E-state index < -0.39 is 0 Å². The Morgan fingerprint density at radius 1 is 0.792 bits per heavy atom. The number of rotatable bonds is 2. The fourth-order valence-electron chi connectivity index (χ4n) is 3.96. The largest absolute Gasteiger partial charge is 0.507 e. The second kappa shape index (κ2) is 5.98. The van der Waals surface area contributed by atoms with Crippen LogP contribution < -0.4 is 0 Å². The molecule has 0 bridgehead atoms. The minimum atomic E-state index is 0.305. The van der Waals surface area contributed by atoms with Crippen LogP contribution in [0, 0.1) is 13.8 Å². The minimum absolute atomic E-state index is 0.305. The highest BCUT2D eigenvalue weighted by atomic mass is 16.3. The summed E-state index contributed by atoms with van der Waals surface area (Å²) >= 11 is 0. The van der Waals surface area contributed by atoms with E-state index in [-0.39, 0.29) is 0 Å². The molecule has 0 heterocycles. The smallest absolute Gasteiger partial charge is 0.123 e. The van der Waals surface area contributed by atoms with E-state index in [1.54, 1.807) is 6.07 Å². The molecule has 0 aliphatic heterocycles. The van der Waals surface area contributed by atoms with Crippen molar-refractivity contribution >= 4 is 0 Å². The molecule has 0 saturated carbocycles. The highest BCUT2D eigenvalue weighted by molar-refractivity contribution is 5.78. The van der Waals surface area contributed by atoms with E-state index in [0.717, 1.165) is 16.7 Å². The second-order valence-corrected chi connectivity index (χ2v) is 7.11. The number of aromatic hydroxyl groups is 1. The van der Waals surface area contributed by atoms with Gasteiger partial charge in [-0.15, -0.1) is 0 Å². The van der Waals surface area contributed by atoms with Gasteiger partial charge >= 0.3 is 0 Å². The van der Waals surface area contributed by atoms with Crippen molar-refractivity contribution in [2.24, 2.45) is 0 Å². The van der Waals surface area contributed by atoms with E-state index >= 15 is 0 Å². The monoisotopic (exact) mass is 318 g/mol. The molecule has 3 rings (SSSR count). The van der Waals surface area contributed by atoms with Crippen LogP contribution in [0.25, 0.3) is 11.1 Å². The fraction of sp³-hybridized carbons (Fsp3) is 0.304. The molecule has 0 amide bonds. The number of benzene rings is 2. The van der Waals surface area contributed by atoms with Crippen LogP contribution in [0.1, 0.15) is 50.3 Å². The molecule has 24 heavy (non-hydrogen) atoms. The average molecular weight is 318 g/mol. The fourth-order valence-corrected chi connectivity index (χ4v) is 3.96. The molecule has 124 valence electrons. The molecule has 0 saturated heterocycles. The molecule has 1 nitrogen and oxygen atoms in total. The molecular weight excluding hydrogens is 292 g/mol. The minimum Gasteiger partial charge on any atom is -0.507 e. The maximum atomic E-state index is 10.5. The first-order chi connectivity index (χ1) is 11.3. The standard InChI is InChI=1S/C23H26O/c1-13-10-11-19(23-17(5)15(3)16(4)18(23)6)20(12-13)22-14(2)8-7-9-21(22)24/h7-12,23-24H,1-6H3. The molecule has 1 heteroatoms. The zero-order chi connectivity index (χ0) is 17.6. The van der Waals surface area contributed by atoms with Gasteiger partial charge in [-0.25, -0.2) is 0 Å². The topological polar surface area (TPSA) is 20.2 Å². The van der Waals surface area contributed by atoms with Crippen molar-refractivity contribution in [1.82, 2.24) is 0 Å². The van der Waals surface area contributed by atoms with Crippen LogP contribution in [-0.4, -0.2) is 5.11 Å². The predicted octanol–water partition coefficient (Wildman–Crippen LogP) is 6.45. The van der Waals surface area contributed by atoms with E-state index in [2.05, 4.69) is 65.8 Å². The van der Waals surface area contributed by atoms with Crippen LogP contribution >= 0.6 is 0 Å². The number of hydrogen-bond donors (Lipinski definition) is 1. The van der Waals surface area contributed by atoms with Gasteiger partial charge in [0.05, 0.1) is 0 Å². The summed E-state index contributed by atoms with van der Waals surface area (Å²) in [7, 11) is 0. The van der Waals surface area contributed by atoms with E-state index in [0.29, 0.717) is 11.7 Å². The van der Waals surface area contributed by atoms with Crippen molar-refractivity contribution < 1.29 is 5.11 Å². The molecule has 1 aliphatic carbocycles. The zero-order valence-corrected chi connectivity index (χ0v) is 15.5. The normalized spacial score (nSPS) is 15.6. The van der Waals surface area contributed by atoms with E-state index in [4.69, 9.17) is 0 Å². The Bertz CT molecular complexity index is 837. The molecule has 1 N–H and O–H groups in total. The van der Waals surface area contributed by atoms with Gasteiger partial charge in [0, 0.05) is 11.5 Å². The molecule has 2 aromatic rings. The van der Waals surface area contributed by atoms with Crippen LogP contribution in [0.3, 0.4) is 0 Å². The summed E-state index contributed by atoms with van der Waals surface area (Å²) in [6.45, 7) is 13.1. The van der Waals surface area contributed by atoms with Crippen molar-refractivity contribution in [3.63, 3.8) is 0 Å². The zero-order valence-electron chi connectivity index (χ0n) is 15.5. The maximum Gasteiger partial charge on any atom is 0.123 e. The quantitative estimate of drug-likeness (QED) is 0.675. The average Bonchev–Trinajstić information content (AvgIpc) is 2.72. The van der Waals surface area contributed by atoms with Crippen LogP contribution in [0.2, 0.25) is 0 Å². The van der Waals surface area contributed by atoms with Gasteiger partial charge in [-0.05, 0) is 75.4 Å². The lowest BCUT2D eigenvalue weighted by molar-refractivity contribution is 0.477. The molecule has 2 aromatic carbocycles. The van der Waals surface area contributed by atoms with Gasteiger partial charge in [0.1, 0.15) is 5.75 Å². The second-order valence-electron chi connectivity index (χ2n) is 7.11. The Hall–Kier alpha value is -2.28. The highest BCUT2D eigenvalue weighted by Crippen LogP contribution is 2.47. The molecule has 0 spiro atoms. The van der Waals surface area contributed by atoms with E-state index in [1.165, 1.54) is 33.4 Å². The third-order valence-corrected chi connectivity index (χ3v) is 5.65. The first-order valence-corrected chi connectivity index (χ1v) is 8.57. The molecule has 0 aromatic heterocycles. The first kappa shape index (κ1) is 16.6. The summed E-state index contributed by atoms with van der Waals surface area (Å²) in [6, 6.07) is 12.4. The van der Waals surface area contributed by atoms with Crippen molar-refractivity contribution in [1.29, 1.82) is 0 Å². The van der Waals surface area contributed by atoms with Crippen LogP contribution in [0.4, 0.5) is 0 Å². The lowest BCUT2D eigenvalue weighted by Gasteiger charge is -2.22. The molecule has 1 aliphatic rings. The van der Waals surface area contributed by atoms with E-state index in [1.807, 2.05) is 6.07 Å². The van der Waals surface area contributed by atoms with Crippen molar-refractivity contribution in [2.75, 3.05) is 0 Å². The molecule has 0 fully saturated rings. The molecular formula is C23H26O. The highest BCUT2D eigenvalue weighted by Gasteiger charge is 2.28. The first-order valence-electron chi connectivity index (χ1n) is 8.57. The van der Waals surface area contributed by atoms with Gasteiger partial charge in [-0.1, -0.05) is 47.0 Å². The Morgan fingerprint density at radius 2 is 1.42 bits per heavy atom. The number of phenolic OH excluding ortho intramolecular Hbond substituents is 1. The summed E-state index contributed by atoms with van der Waals surface area (Å²) < 4.78 is 0. The lowest BCUT2D eigenvalue weighted by Crippen LogP contribution is -2.03. The van der Waals surface area contributed by atoms with Crippen molar-refractivity contribution in [2.45, 2.75) is 47.5 Å². The Kier molecular flexibility index (Phi) is 4.13. The number of allylic oxidation sites excluding steroid dienone is 4. The van der Waals surface area contributed by atoms with Crippen LogP contribution in [0.15, 0.2) is 58.7 Å². The summed E-state index contributed by atoms with van der Waals surface area (Å²) in [5, 5.41) is 10.5. The Labute approximate surface area is 145 Å². The van der Waals surface area contributed by atoms with Gasteiger partial charge < -0.3 is 5.11 Å². The number of aryl methyl sites for hydroxylation is 2. The number of hydrogen-bond acceptors (Lipinski definition) is 1. The summed E-state index contributed by atoms with van der Waals surface area (Å²) in [4.78, 5) is 0. The molecule has 0 radical (unpaired) electrons. The van der Waals surface area contributed by atoms with Crippen molar-refractivity contribution in [3.8, 4) is 16.9 Å². The predicted molar refractivity (Wildman–Crippen MR) is 103 cm³/mol. The van der Waals surface area contributed by atoms with Gasteiger partial charge in [0.25, 0.3) is 0 Å². The van der Waals surface area contributed by atoms with Gasteiger partial charge in [0.15, 0.2) is 0 Å². The third kappa shape index (κ3) is 2.49.